The topological polar surface area (TPSA) is 38.8 Å². The van der Waals surface area contributed by atoms with Crippen molar-refractivity contribution in [3.63, 3.8) is 0 Å². The second-order valence-electron chi connectivity index (χ2n) is 5.98. The zero-order chi connectivity index (χ0) is 16.6. The summed E-state index contributed by atoms with van der Waals surface area (Å²) in [6.45, 7) is 2.35. The molecule has 4 heteroatoms. The van der Waals surface area contributed by atoms with Crippen LogP contribution in [0, 0.1) is 0 Å². The molecule has 0 N–H and O–H groups in total. The second kappa shape index (κ2) is 8.39. The van der Waals surface area contributed by atoms with Crippen molar-refractivity contribution in [2.24, 2.45) is 0 Å². The van der Waals surface area contributed by atoms with Crippen molar-refractivity contribution >= 4 is 5.91 Å². The van der Waals surface area contributed by atoms with E-state index in [4.69, 9.17) is 9.47 Å². The number of hydrogen-bond acceptors (Lipinski definition) is 3. The SMILES string of the molecule is O=C(COc1ccc(OCc2ccccc2)cc1)N1CCCCC1. The molecule has 0 bridgehead atoms. The molecule has 0 spiro atoms. The number of piperidine rings is 1. The van der Waals surface area contributed by atoms with Crippen molar-refractivity contribution in [3.05, 3.63) is 60.2 Å². The Labute approximate surface area is 143 Å². The first-order valence-electron chi connectivity index (χ1n) is 8.48. The Kier molecular flexibility index (Phi) is 5.72. The summed E-state index contributed by atoms with van der Waals surface area (Å²) in [5.74, 6) is 1.54. The minimum atomic E-state index is 0.0686. The van der Waals surface area contributed by atoms with E-state index in [9.17, 15) is 4.79 Å². The van der Waals surface area contributed by atoms with Gasteiger partial charge in [0.1, 0.15) is 18.1 Å². The van der Waals surface area contributed by atoms with Crippen LogP contribution in [-0.2, 0) is 11.4 Å². The molecule has 24 heavy (non-hydrogen) atoms. The lowest BCUT2D eigenvalue weighted by molar-refractivity contribution is -0.134. The largest absolute Gasteiger partial charge is 0.489 e. The lowest BCUT2D eigenvalue weighted by Gasteiger charge is -2.26. The van der Waals surface area contributed by atoms with Crippen LogP contribution in [0.15, 0.2) is 54.6 Å². The average molecular weight is 325 g/mol. The molecule has 1 aliphatic rings. The van der Waals surface area contributed by atoms with Crippen molar-refractivity contribution in [3.8, 4) is 11.5 Å². The van der Waals surface area contributed by atoms with Crippen molar-refractivity contribution in [1.82, 2.24) is 4.90 Å². The molecule has 0 radical (unpaired) electrons. The van der Waals surface area contributed by atoms with E-state index in [-0.39, 0.29) is 12.5 Å². The highest BCUT2D eigenvalue weighted by Crippen LogP contribution is 2.19. The van der Waals surface area contributed by atoms with Crippen LogP contribution in [0.3, 0.4) is 0 Å². The van der Waals surface area contributed by atoms with Crippen LogP contribution in [0.1, 0.15) is 24.8 Å². The van der Waals surface area contributed by atoms with Crippen LogP contribution < -0.4 is 9.47 Å². The maximum absolute atomic E-state index is 12.1. The van der Waals surface area contributed by atoms with Crippen molar-refractivity contribution in [1.29, 1.82) is 0 Å². The van der Waals surface area contributed by atoms with Gasteiger partial charge in [-0.25, -0.2) is 0 Å². The van der Waals surface area contributed by atoms with Crippen molar-refractivity contribution in [2.45, 2.75) is 25.9 Å². The fourth-order valence-corrected chi connectivity index (χ4v) is 2.75. The van der Waals surface area contributed by atoms with E-state index in [0.717, 1.165) is 37.2 Å². The molecule has 0 aromatic heterocycles. The van der Waals surface area contributed by atoms with Crippen molar-refractivity contribution < 1.29 is 14.3 Å². The number of amides is 1. The van der Waals surface area contributed by atoms with Gasteiger partial charge in [0.25, 0.3) is 5.91 Å². The van der Waals surface area contributed by atoms with Crippen LogP contribution >= 0.6 is 0 Å². The highest BCUT2D eigenvalue weighted by atomic mass is 16.5. The summed E-state index contributed by atoms with van der Waals surface area (Å²) in [6, 6.07) is 17.4. The zero-order valence-corrected chi connectivity index (χ0v) is 13.8. The molecular formula is C20H23NO3. The molecule has 4 nitrogen and oxygen atoms in total. The number of carbonyl (C=O) groups excluding carboxylic acids is 1. The molecule has 126 valence electrons. The molecule has 0 aliphatic carbocycles. The van der Waals surface area contributed by atoms with Gasteiger partial charge in [-0.2, -0.15) is 0 Å². The fourth-order valence-electron chi connectivity index (χ4n) is 2.75. The first-order chi connectivity index (χ1) is 11.8. The molecule has 1 heterocycles. The molecule has 0 atom stereocenters. The number of benzene rings is 2. The monoisotopic (exact) mass is 325 g/mol. The summed E-state index contributed by atoms with van der Waals surface area (Å²) in [4.78, 5) is 14.0. The smallest absolute Gasteiger partial charge is 0.260 e. The third kappa shape index (κ3) is 4.75. The Bertz CT molecular complexity index is 634. The third-order valence-corrected chi connectivity index (χ3v) is 4.14. The number of likely N-dealkylation sites (tertiary alicyclic amines) is 1. The van der Waals surface area contributed by atoms with E-state index < -0.39 is 0 Å². The second-order valence-corrected chi connectivity index (χ2v) is 5.98. The van der Waals surface area contributed by atoms with Crippen molar-refractivity contribution in [2.75, 3.05) is 19.7 Å². The zero-order valence-electron chi connectivity index (χ0n) is 13.8. The highest BCUT2D eigenvalue weighted by molar-refractivity contribution is 5.77. The predicted molar refractivity (Wildman–Crippen MR) is 93.1 cm³/mol. The van der Waals surface area contributed by atoms with Gasteiger partial charge in [0, 0.05) is 13.1 Å². The summed E-state index contributed by atoms with van der Waals surface area (Å²) in [7, 11) is 0. The minimum Gasteiger partial charge on any atom is -0.489 e. The Balaban J connectivity index is 1.45. The summed E-state index contributed by atoms with van der Waals surface area (Å²) >= 11 is 0. The van der Waals surface area contributed by atoms with Crippen LogP contribution in [0.25, 0.3) is 0 Å². The molecule has 2 aromatic rings. The molecule has 3 rings (SSSR count). The van der Waals surface area contributed by atoms with Gasteiger partial charge in [0.05, 0.1) is 0 Å². The van der Waals surface area contributed by atoms with E-state index in [1.54, 1.807) is 0 Å². The molecule has 2 aromatic carbocycles. The Morgan fingerprint density at radius 3 is 2.12 bits per heavy atom. The Hall–Kier alpha value is -2.49. The van der Waals surface area contributed by atoms with Gasteiger partial charge in [-0.3, -0.25) is 4.79 Å². The van der Waals surface area contributed by atoms with E-state index in [1.165, 1.54) is 6.42 Å². The molecule has 1 fully saturated rings. The Morgan fingerprint density at radius 2 is 1.46 bits per heavy atom. The lowest BCUT2D eigenvalue weighted by Crippen LogP contribution is -2.38. The van der Waals surface area contributed by atoms with Gasteiger partial charge in [-0.1, -0.05) is 30.3 Å². The number of nitrogens with zero attached hydrogens (tertiary/aromatic N) is 1. The number of ether oxygens (including phenoxy) is 2. The first kappa shape index (κ1) is 16.4. The maximum atomic E-state index is 12.1. The molecule has 0 saturated carbocycles. The predicted octanol–water partition coefficient (Wildman–Crippen LogP) is 3.66. The Morgan fingerprint density at radius 1 is 0.833 bits per heavy atom. The summed E-state index contributed by atoms with van der Waals surface area (Å²) in [5.41, 5.74) is 1.13. The third-order valence-electron chi connectivity index (χ3n) is 4.14. The summed E-state index contributed by atoms with van der Waals surface area (Å²) in [6.07, 6.45) is 3.41. The van der Waals surface area contributed by atoms with Gasteiger partial charge in [-0.05, 0) is 49.1 Å². The lowest BCUT2D eigenvalue weighted by atomic mass is 10.1. The van der Waals surface area contributed by atoms with Gasteiger partial charge in [0.2, 0.25) is 0 Å². The van der Waals surface area contributed by atoms with E-state index in [0.29, 0.717) is 12.4 Å². The molecule has 1 aliphatic heterocycles. The number of carbonyl (C=O) groups is 1. The van der Waals surface area contributed by atoms with Gasteiger partial charge in [-0.15, -0.1) is 0 Å². The quantitative estimate of drug-likeness (QED) is 0.813. The van der Waals surface area contributed by atoms with Crippen LogP contribution in [-0.4, -0.2) is 30.5 Å². The highest BCUT2D eigenvalue weighted by Gasteiger charge is 2.16. The van der Waals surface area contributed by atoms with E-state index in [1.807, 2.05) is 59.5 Å². The molecular weight excluding hydrogens is 302 g/mol. The van der Waals surface area contributed by atoms with Gasteiger partial charge < -0.3 is 14.4 Å². The number of rotatable bonds is 6. The fraction of sp³-hybridized carbons (Fsp3) is 0.350. The molecule has 0 unspecified atom stereocenters. The van der Waals surface area contributed by atoms with E-state index in [2.05, 4.69) is 0 Å². The normalized spacial score (nSPS) is 14.2. The van der Waals surface area contributed by atoms with Gasteiger partial charge >= 0.3 is 0 Å². The van der Waals surface area contributed by atoms with Crippen LogP contribution in [0.4, 0.5) is 0 Å². The van der Waals surface area contributed by atoms with E-state index >= 15 is 0 Å². The average Bonchev–Trinajstić information content (AvgIpc) is 2.67. The number of hydrogen-bond donors (Lipinski definition) is 0. The summed E-state index contributed by atoms with van der Waals surface area (Å²) in [5, 5.41) is 0. The van der Waals surface area contributed by atoms with Gasteiger partial charge in [0.15, 0.2) is 6.61 Å². The van der Waals surface area contributed by atoms with Crippen LogP contribution in [0.5, 0.6) is 11.5 Å². The minimum absolute atomic E-state index is 0.0686. The molecule has 1 saturated heterocycles. The maximum Gasteiger partial charge on any atom is 0.260 e. The molecule has 1 amide bonds. The first-order valence-corrected chi connectivity index (χ1v) is 8.48. The standard InChI is InChI=1S/C20H23NO3/c22-20(21-13-5-2-6-14-21)16-24-19-11-9-18(10-12-19)23-15-17-7-3-1-4-8-17/h1,3-4,7-12H,2,5-6,13-16H2. The van der Waals surface area contributed by atoms with Crippen LogP contribution in [0.2, 0.25) is 0 Å². The summed E-state index contributed by atoms with van der Waals surface area (Å²) < 4.78 is 11.3.